The first kappa shape index (κ1) is 12.6. The van der Waals surface area contributed by atoms with Crippen LogP contribution in [0, 0.1) is 0 Å². The summed E-state index contributed by atoms with van der Waals surface area (Å²) >= 11 is 1.93. The number of benzene rings is 1. The van der Waals surface area contributed by atoms with Gasteiger partial charge in [-0.3, -0.25) is 0 Å². The van der Waals surface area contributed by atoms with Crippen molar-refractivity contribution in [1.82, 2.24) is 5.32 Å². The van der Waals surface area contributed by atoms with Crippen LogP contribution in [-0.2, 0) is 0 Å². The molecule has 0 aliphatic rings. The highest BCUT2D eigenvalue weighted by Gasteiger charge is 2.15. The van der Waals surface area contributed by atoms with Gasteiger partial charge < -0.3 is 5.32 Å². The summed E-state index contributed by atoms with van der Waals surface area (Å²) in [7, 11) is 0. The number of nitrogens with one attached hydrogen (secondary N) is 1. The van der Waals surface area contributed by atoms with Crippen molar-refractivity contribution < 1.29 is 0 Å². The maximum Gasteiger partial charge on any atom is 0.0345 e. The lowest BCUT2D eigenvalue weighted by atomic mass is 10.0. The van der Waals surface area contributed by atoms with Gasteiger partial charge in [-0.2, -0.15) is 0 Å². The molecular formula is C15H21NS. The molecule has 0 amide bonds. The molecule has 2 aromatic rings. The van der Waals surface area contributed by atoms with Crippen molar-refractivity contribution in [1.29, 1.82) is 0 Å². The molecule has 0 aliphatic carbocycles. The van der Waals surface area contributed by atoms with Gasteiger partial charge in [0.15, 0.2) is 0 Å². The molecular weight excluding hydrogens is 226 g/mol. The smallest absolute Gasteiger partial charge is 0.0345 e. The largest absolute Gasteiger partial charge is 0.314 e. The normalized spacial score (nSPS) is 15.0. The van der Waals surface area contributed by atoms with E-state index in [0.29, 0.717) is 12.0 Å². The van der Waals surface area contributed by atoms with Crippen molar-refractivity contribution in [3.63, 3.8) is 0 Å². The van der Waals surface area contributed by atoms with Gasteiger partial charge in [0, 0.05) is 21.5 Å². The van der Waals surface area contributed by atoms with E-state index in [1.165, 1.54) is 21.4 Å². The number of hydrogen-bond donors (Lipinski definition) is 1. The van der Waals surface area contributed by atoms with Crippen molar-refractivity contribution in [3.8, 4) is 0 Å². The first-order valence-corrected chi connectivity index (χ1v) is 7.26. The lowest BCUT2D eigenvalue weighted by Crippen LogP contribution is -2.31. The average Bonchev–Trinajstić information content (AvgIpc) is 2.78. The molecule has 17 heavy (non-hydrogen) atoms. The Labute approximate surface area is 108 Å². The van der Waals surface area contributed by atoms with Crippen LogP contribution in [0.25, 0.3) is 10.1 Å². The molecule has 1 aromatic heterocycles. The van der Waals surface area contributed by atoms with Gasteiger partial charge in [0.25, 0.3) is 0 Å². The van der Waals surface area contributed by atoms with E-state index in [0.717, 1.165) is 6.54 Å². The molecule has 92 valence electrons. The van der Waals surface area contributed by atoms with E-state index >= 15 is 0 Å². The molecule has 1 heterocycles. The van der Waals surface area contributed by atoms with E-state index in [4.69, 9.17) is 0 Å². The van der Waals surface area contributed by atoms with Gasteiger partial charge in [-0.1, -0.05) is 32.0 Å². The van der Waals surface area contributed by atoms with Crippen LogP contribution < -0.4 is 5.32 Å². The fourth-order valence-corrected chi connectivity index (χ4v) is 3.24. The second-order valence-corrected chi connectivity index (χ2v) is 5.83. The number of rotatable bonds is 5. The van der Waals surface area contributed by atoms with E-state index in [2.05, 4.69) is 56.4 Å². The molecule has 0 fully saturated rings. The molecule has 0 bridgehead atoms. The van der Waals surface area contributed by atoms with E-state index in [1.807, 2.05) is 11.3 Å². The lowest BCUT2D eigenvalue weighted by molar-refractivity contribution is 0.486. The lowest BCUT2D eigenvalue weighted by Gasteiger charge is -2.19. The topological polar surface area (TPSA) is 12.0 Å². The zero-order valence-electron chi connectivity index (χ0n) is 10.9. The Morgan fingerprint density at radius 2 is 2.00 bits per heavy atom. The summed E-state index contributed by atoms with van der Waals surface area (Å²) in [5.41, 5.74) is 0. The minimum Gasteiger partial charge on any atom is -0.314 e. The summed E-state index contributed by atoms with van der Waals surface area (Å²) in [6.45, 7) is 7.92. The molecule has 0 aliphatic heterocycles. The maximum atomic E-state index is 3.58. The van der Waals surface area contributed by atoms with Crippen LogP contribution in [0.4, 0.5) is 0 Å². The minimum absolute atomic E-state index is 0.544. The first-order valence-electron chi connectivity index (χ1n) is 6.44. The van der Waals surface area contributed by atoms with E-state index in [-0.39, 0.29) is 0 Å². The highest BCUT2D eigenvalue weighted by molar-refractivity contribution is 7.19. The Kier molecular flexibility index (Phi) is 4.19. The van der Waals surface area contributed by atoms with Crippen LogP contribution in [-0.4, -0.2) is 12.6 Å². The molecule has 0 saturated heterocycles. The summed E-state index contributed by atoms with van der Waals surface area (Å²) in [4.78, 5) is 1.49. The molecule has 1 N–H and O–H groups in total. The predicted octanol–water partition coefficient (Wildman–Crippen LogP) is 4.39. The fourth-order valence-electron chi connectivity index (χ4n) is 2.02. The van der Waals surface area contributed by atoms with Gasteiger partial charge in [0.05, 0.1) is 0 Å². The van der Waals surface area contributed by atoms with E-state index in [1.54, 1.807) is 0 Å². The molecule has 2 rings (SSSR count). The van der Waals surface area contributed by atoms with Gasteiger partial charge in [0.1, 0.15) is 0 Å². The van der Waals surface area contributed by atoms with Crippen LogP contribution in [0.2, 0.25) is 0 Å². The average molecular weight is 247 g/mol. The summed E-state index contributed by atoms with van der Waals surface area (Å²) in [5.74, 6) is 0.582. The van der Waals surface area contributed by atoms with Crippen LogP contribution in [0.1, 0.15) is 38.0 Å². The van der Waals surface area contributed by atoms with Crippen LogP contribution >= 0.6 is 11.3 Å². The zero-order chi connectivity index (χ0) is 12.3. The number of hydrogen-bond acceptors (Lipinski definition) is 2. The Morgan fingerprint density at radius 3 is 2.71 bits per heavy atom. The van der Waals surface area contributed by atoms with Crippen molar-refractivity contribution >= 4 is 21.4 Å². The minimum atomic E-state index is 0.544. The molecule has 2 heteroatoms. The van der Waals surface area contributed by atoms with Crippen molar-refractivity contribution in [2.75, 3.05) is 6.54 Å². The van der Waals surface area contributed by atoms with Crippen LogP contribution in [0.3, 0.4) is 0 Å². The summed E-state index contributed by atoms with van der Waals surface area (Å²) in [6, 6.07) is 11.5. The Hall–Kier alpha value is -0.860. The standard InChI is InChI=1S/C15H21NS/c1-4-9-16-12(3)11(2)15-10-13-7-5-6-8-14(13)17-15/h5-8,10-12,16H,4,9H2,1-3H3. The summed E-state index contributed by atoms with van der Waals surface area (Å²) < 4.78 is 1.40. The molecule has 0 saturated carbocycles. The SMILES string of the molecule is CCCNC(C)C(C)c1cc2ccccc2s1. The predicted molar refractivity (Wildman–Crippen MR) is 78.0 cm³/mol. The van der Waals surface area contributed by atoms with Crippen LogP contribution in [0.5, 0.6) is 0 Å². The van der Waals surface area contributed by atoms with Gasteiger partial charge in [-0.15, -0.1) is 11.3 Å². The van der Waals surface area contributed by atoms with Crippen LogP contribution in [0.15, 0.2) is 30.3 Å². The van der Waals surface area contributed by atoms with Gasteiger partial charge in [-0.25, -0.2) is 0 Å². The summed E-state index contributed by atoms with van der Waals surface area (Å²) in [6.07, 6.45) is 1.20. The van der Waals surface area contributed by atoms with Crippen molar-refractivity contribution in [2.45, 2.75) is 39.2 Å². The third kappa shape index (κ3) is 2.88. The maximum absolute atomic E-state index is 3.58. The number of thiophene rings is 1. The Bertz CT molecular complexity index is 441. The molecule has 1 nitrogen and oxygen atoms in total. The van der Waals surface area contributed by atoms with Gasteiger partial charge in [-0.05, 0) is 37.4 Å². The highest BCUT2D eigenvalue weighted by atomic mass is 32.1. The Morgan fingerprint density at radius 1 is 1.24 bits per heavy atom. The molecule has 0 radical (unpaired) electrons. The molecule has 1 aromatic carbocycles. The molecule has 0 spiro atoms. The highest BCUT2D eigenvalue weighted by Crippen LogP contribution is 2.32. The quantitative estimate of drug-likeness (QED) is 0.826. The molecule has 2 atom stereocenters. The monoisotopic (exact) mass is 247 g/mol. The third-order valence-electron chi connectivity index (χ3n) is 3.36. The van der Waals surface area contributed by atoms with Gasteiger partial charge in [0.2, 0.25) is 0 Å². The Balaban J connectivity index is 2.15. The number of fused-ring (bicyclic) bond motifs is 1. The van der Waals surface area contributed by atoms with E-state index < -0.39 is 0 Å². The fraction of sp³-hybridized carbons (Fsp3) is 0.467. The second kappa shape index (κ2) is 5.65. The third-order valence-corrected chi connectivity index (χ3v) is 4.68. The van der Waals surface area contributed by atoms with Crippen molar-refractivity contribution in [2.24, 2.45) is 0 Å². The first-order chi connectivity index (χ1) is 8.22. The summed E-state index contributed by atoms with van der Waals surface area (Å²) in [5, 5.41) is 4.96. The zero-order valence-corrected chi connectivity index (χ0v) is 11.7. The molecule has 2 unspecified atom stereocenters. The second-order valence-electron chi connectivity index (χ2n) is 4.72. The van der Waals surface area contributed by atoms with E-state index in [9.17, 15) is 0 Å². The van der Waals surface area contributed by atoms with Crippen molar-refractivity contribution in [3.05, 3.63) is 35.2 Å². The van der Waals surface area contributed by atoms with Gasteiger partial charge >= 0.3 is 0 Å².